The average molecular weight is 278 g/mol. The van der Waals surface area contributed by atoms with Gasteiger partial charge in [0, 0.05) is 22.0 Å². The molecule has 0 bridgehead atoms. The molecular formula is C13H14N2OS2. The molecule has 0 fully saturated rings. The summed E-state index contributed by atoms with van der Waals surface area (Å²) >= 11 is 3.48. The first kappa shape index (κ1) is 11.9. The number of nitrogens with zero attached hydrogens (tertiary/aromatic N) is 1. The van der Waals surface area contributed by atoms with Gasteiger partial charge in [-0.1, -0.05) is 13.8 Å². The number of rotatable bonds is 4. The number of nitrogens with one attached hydrogen (secondary N) is 1. The maximum Gasteiger partial charge on any atom is 0.236 e. The Kier molecular flexibility index (Phi) is 3.20. The molecule has 94 valence electrons. The molecule has 3 aromatic rings. The molecular weight excluding hydrogens is 264 g/mol. The zero-order valence-electron chi connectivity index (χ0n) is 10.3. The van der Waals surface area contributed by atoms with Gasteiger partial charge in [0.1, 0.15) is 6.26 Å². The smallest absolute Gasteiger partial charge is 0.236 e. The molecule has 3 aromatic heterocycles. The Bertz CT molecular complexity index is 622. The Hall–Kier alpha value is -1.17. The van der Waals surface area contributed by atoms with Crippen LogP contribution in [0.1, 0.15) is 19.5 Å². The molecule has 0 atom stereocenters. The van der Waals surface area contributed by atoms with E-state index in [-0.39, 0.29) is 0 Å². The van der Waals surface area contributed by atoms with Gasteiger partial charge in [0.15, 0.2) is 0 Å². The average Bonchev–Trinajstić information content (AvgIpc) is 3.00. The summed E-state index contributed by atoms with van der Waals surface area (Å²) in [5.74, 6) is 0.726. The Balaban J connectivity index is 1.82. The highest BCUT2D eigenvalue weighted by atomic mass is 32.1. The van der Waals surface area contributed by atoms with Gasteiger partial charge in [0.25, 0.3) is 0 Å². The second-order valence-corrected chi connectivity index (χ2v) is 6.47. The van der Waals surface area contributed by atoms with Crippen molar-refractivity contribution in [3.8, 4) is 10.8 Å². The van der Waals surface area contributed by atoms with Crippen LogP contribution >= 0.6 is 22.7 Å². The molecule has 0 spiro atoms. The Morgan fingerprint density at radius 3 is 3.06 bits per heavy atom. The van der Waals surface area contributed by atoms with Gasteiger partial charge >= 0.3 is 0 Å². The largest absolute Gasteiger partial charge is 0.444 e. The molecule has 1 N–H and O–H groups in total. The van der Waals surface area contributed by atoms with E-state index in [1.807, 2.05) is 0 Å². The highest BCUT2D eigenvalue weighted by Crippen LogP contribution is 2.35. The molecule has 0 saturated carbocycles. The van der Waals surface area contributed by atoms with Crippen LogP contribution in [0.3, 0.4) is 0 Å². The fraction of sp³-hybridized carbons (Fsp3) is 0.308. The van der Waals surface area contributed by atoms with Crippen molar-refractivity contribution in [2.45, 2.75) is 26.4 Å². The lowest BCUT2D eigenvalue weighted by Gasteiger charge is -2.03. The third-order valence-corrected chi connectivity index (χ3v) is 4.67. The molecule has 0 amide bonds. The summed E-state index contributed by atoms with van der Waals surface area (Å²) in [7, 11) is 0. The lowest BCUT2D eigenvalue weighted by atomic mass is 10.3. The normalized spacial score (nSPS) is 11.7. The molecule has 5 heteroatoms. The molecule has 0 aliphatic carbocycles. The van der Waals surface area contributed by atoms with Crippen LogP contribution in [0.2, 0.25) is 0 Å². The van der Waals surface area contributed by atoms with E-state index in [4.69, 9.17) is 4.42 Å². The predicted octanol–water partition coefficient (Wildman–Crippen LogP) is 4.12. The van der Waals surface area contributed by atoms with Crippen molar-refractivity contribution in [2.24, 2.45) is 0 Å². The van der Waals surface area contributed by atoms with Gasteiger partial charge in [-0.3, -0.25) is 0 Å². The third-order valence-electron chi connectivity index (χ3n) is 2.59. The lowest BCUT2D eigenvalue weighted by molar-refractivity contribution is 0.561. The van der Waals surface area contributed by atoms with Crippen molar-refractivity contribution >= 4 is 32.1 Å². The summed E-state index contributed by atoms with van der Waals surface area (Å²) < 4.78 is 8.15. The van der Waals surface area contributed by atoms with Gasteiger partial charge in [0.05, 0.1) is 10.6 Å². The third kappa shape index (κ3) is 2.34. The van der Waals surface area contributed by atoms with Crippen molar-refractivity contribution in [1.82, 2.24) is 10.3 Å². The zero-order chi connectivity index (χ0) is 12.5. The van der Waals surface area contributed by atoms with Crippen LogP contribution in [0.15, 0.2) is 28.2 Å². The monoisotopic (exact) mass is 278 g/mol. The molecule has 3 heterocycles. The van der Waals surface area contributed by atoms with Crippen LogP contribution in [0, 0.1) is 0 Å². The summed E-state index contributed by atoms with van der Waals surface area (Å²) in [4.78, 5) is 5.62. The minimum absolute atomic E-state index is 0.456. The minimum Gasteiger partial charge on any atom is -0.444 e. The number of oxazole rings is 1. The van der Waals surface area contributed by atoms with Crippen molar-refractivity contribution in [3.05, 3.63) is 29.5 Å². The molecule has 18 heavy (non-hydrogen) atoms. The summed E-state index contributed by atoms with van der Waals surface area (Å²) in [6.45, 7) is 4.99. The summed E-state index contributed by atoms with van der Waals surface area (Å²) in [6.07, 6.45) is 1.73. The second kappa shape index (κ2) is 4.84. The molecule has 3 nitrogen and oxygen atoms in total. The minimum atomic E-state index is 0.456. The fourth-order valence-electron chi connectivity index (χ4n) is 1.68. The Labute approximate surface area is 113 Å². The SMILES string of the molecule is CC(C)NCc1coc(-c2cc3sccc3s2)n1. The summed E-state index contributed by atoms with van der Waals surface area (Å²) in [5, 5.41) is 5.44. The molecule has 0 aliphatic heterocycles. The maximum atomic E-state index is 5.55. The second-order valence-electron chi connectivity index (χ2n) is 4.44. The number of aromatic nitrogens is 1. The molecule has 0 aliphatic rings. The highest BCUT2D eigenvalue weighted by Gasteiger charge is 2.11. The first-order valence-corrected chi connectivity index (χ1v) is 7.57. The predicted molar refractivity (Wildman–Crippen MR) is 77.2 cm³/mol. The zero-order valence-corrected chi connectivity index (χ0v) is 11.9. The van der Waals surface area contributed by atoms with E-state index in [1.165, 1.54) is 9.40 Å². The van der Waals surface area contributed by atoms with Crippen molar-refractivity contribution in [3.63, 3.8) is 0 Å². The lowest BCUT2D eigenvalue weighted by Crippen LogP contribution is -2.21. The number of hydrogen-bond acceptors (Lipinski definition) is 5. The van der Waals surface area contributed by atoms with Crippen LogP contribution < -0.4 is 5.32 Å². The van der Waals surface area contributed by atoms with Gasteiger partial charge in [-0.2, -0.15) is 0 Å². The van der Waals surface area contributed by atoms with Crippen LogP contribution in [0.25, 0.3) is 20.2 Å². The molecule has 0 saturated heterocycles. The van der Waals surface area contributed by atoms with E-state index in [9.17, 15) is 0 Å². The number of fused-ring (bicyclic) bond motifs is 1. The summed E-state index contributed by atoms with van der Waals surface area (Å²) in [6, 6.07) is 4.74. The van der Waals surface area contributed by atoms with E-state index < -0.39 is 0 Å². The van der Waals surface area contributed by atoms with E-state index >= 15 is 0 Å². The molecule has 0 unspecified atom stereocenters. The Morgan fingerprint density at radius 2 is 2.28 bits per heavy atom. The topological polar surface area (TPSA) is 38.1 Å². The van der Waals surface area contributed by atoms with Gasteiger partial charge in [-0.05, 0) is 17.5 Å². The maximum absolute atomic E-state index is 5.55. The van der Waals surface area contributed by atoms with Gasteiger partial charge in [-0.15, -0.1) is 22.7 Å². The molecule has 0 radical (unpaired) electrons. The highest BCUT2D eigenvalue weighted by molar-refractivity contribution is 7.28. The van der Waals surface area contributed by atoms with Gasteiger partial charge in [-0.25, -0.2) is 4.98 Å². The van der Waals surface area contributed by atoms with Gasteiger partial charge in [0.2, 0.25) is 5.89 Å². The quantitative estimate of drug-likeness (QED) is 0.780. The molecule has 0 aromatic carbocycles. The fourth-order valence-corrected chi connectivity index (χ4v) is 3.72. The van der Waals surface area contributed by atoms with Crippen LogP contribution in [-0.4, -0.2) is 11.0 Å². The van der Waals surface area contributed by atoms with Crippen molar-refractivity contribution < 1.29 is 4.42 Å². The summed E-state index contributed by atoms with van der Waals surface area (Å²) in [5.41, 5.74) is 0.954. The number of thiophene rings is 2. The standard InChI is InChI=1S/C13H14N2OS2/c1-8(2)14-6-9-7-16-13(15-9)12-5-11-10(18-12)3-4-17-11/h3-5,7-8,14H,6H2,1-2H3. The Morgan fingerprint density at radius 1 is 1.39 bits per heavy atom. The van der Waals surface area contributed by atoms with Crippen LogP contribution in [0.5, 0.6) is 0 Å². The van der Waals surface area contributed by atoms with E-state index in [1.54, 1.807) is 28.9 Å². The van der Waals surface area contributed by atoms with Crippen LogP contribution in [-0.2, 0) is 6.54 Å². The van der Waals surface area contributed by atoms with Crippen molar-refractivity contribution in [2.75, 3.05) is 0 Å². The van der Waals surface area contributed by atoms with Crippen LogP contribution in [0.4, 0.5) is 0 Å². The number of hydrogen-bond donors (Lipinski definition) is 1. The first-order valence-electron chi connectivity index (χ1n) is 5.87. The van der Waals surface area contributed by atoms with E-state index in [0.717, 1.165) is 23.0 Å². The van der Waals surface area contributed by atoms with E-state index in [0.29, 0.717) is 6.04 Å². The molecule has 3 rings (SSSR count). The van der Waals surface area contributed by atoms with Gasteiger partial charge < -0.3 is 9.73 Å². The van der Waals surface area contributed by atoms with Crippen molar-refractivity contribution in [1.29, 1.82) is 0 Å². The first-order chi connectivity index (χ1) is 8.72. The van der Waals surface area contributed by atoms with E-state index in [2.05, 4.69) is 41.7 Å².